The fourth-order valence-corrected chi connectivity index (χ4v) is 1.92. The van der Waals surface area contributed by atoms with Gasteiger partial charge in [0.1, 0.15) is 5.76 Å². The summed E-state index contributed by atoms with van der Waals surface area (Å²) < 4.78 is 13.8. The smallest absolute Gasteiger partial charge is 0.186 e. The summed E-state index contributed by atoms with van der Waals surface area (Å²) in [6.07, 6.45) is 0. The summed E-state index contributed by atoms with van der Waals surface area (Å²) in [6, 6.07) is 3.70. The Morgan fingerprint density at radius 2 is 2.36 bits per heavy atom. The van der Waals surface area contributed by atoms with Gasteiger partial charge in [-0.25, -0.2) is 0 Å². The summed E-state index contributed by atoms with van der Waals surface area (Å²) >= 11 is 10.0. The average molecular weight is 295 g/mol. The van der Waals surface area contributed by atoms with Crippen LogP contribution >= 0.6 is 39.3 Å². The molecule has 2 aromatic rings. The van der Waals surface area contributed by atoms with E-state index in [9.17, 15) is 0 Å². The third-order valence-corrected chi connectivity index (χ3v) is 2.83. The van der Waals surface area contributed by atoms with Crippen molar-refractivity contribution in [2.24, 2.45) is 0 Å². The van der Waals surface area contributed by atoms with Crippen molar-refractivity contribution in [2.75, 3.05) is 5.32 Å². The first-order valence-electron chi connectivity index (χ1n) is 3.72. The number of nitrogens with one attached hydrogen (secondary N) is 1. The van der Waals surface area contributed by atoms with E-state index < -0.39 is 0 Å². The van der Waals surface area contributed by atoms with E-state index in [2.05, 4.69) is 30.0 Å². The molecule has 0 radical (unpaired) electrons. The van der Waals surface area contributed by atoms with Gasteiger partial charge in [0.05, 0.1) is 18.3 Å². The van der Waals surface area contributed by atoms with Crippen LogP contribution in [-0.4, -0.2) is 8.75 Å². The molecular weight excluding hydrogens is 290 g/mol. The minimum Gasteiger partial charge on any atom is -0.452 e. The predicted octanol–water partition coefficient (Wildman–Crippen LogP) is 3.16. The molecule has 0 unspecified atom stereocenters. The second-order valence-corrected chi connectivity index (χ2v) is 4.13. The summed E-state index contributed by atoms with van der Waals surface area (Å²) in [6.45, 7) is 0.538. The van der Waals surface area contributed by atoms with Crippen LogP contribution in [0.3, 0.4) is 0 Å². The van der Waals surface area contributed by atoms with E-state index in [1.165, 1.54) is 0 Å². The van der Waals surface area contributed by atoms with Crippen LogP contribution in [0.15, 0.2) is 21.2 Å². The SMILES string of the molecule is Clc1nsnc1NCc1ccc(Br)o1. The molecule has 7 heteroatoms. The lowest BCUT2D eigenvalue weighted by Crippen LogP contribution is -1.98. The normalized spacial score (nSPS) is 10.4. The van der Waals surface area contributed by atoms with Crippen LogP contribution in [0.2, 0.25) is 5.15 Å². The van der Waals surface area contributed by atoms with E-state index in [0.29, 0.717) is 22.2 Å². The molecular formula is C7H5BrClN3OS. The van der Waals surface area contributed by atoms with Gasteiger partial charge in [0.2, 0.25) is 0 Å². The number of rotatable bonds is 3. The number of anilines is 1. The fraction of sp³-hybridized carbons (Fsp3) is 0.143. The van der Waals surface area contributed by atoms with Crippen molar-refractivity contribution in [3.05, 3.63) is 27.7 Å². The summed E-state index contributed by atoms with van der Waals surface area (Å²) in [7, 11) is 0. The molecule has 4 nitrogen and oxygen atoms in total. The van der Waals surface area contributed by atoms with Crippen molar-refractivity contribution in [1.29, 1.82) is 0 Å². The molecule has 0 atom stereocenters. The van der Waals surface area contributed by atoms with E-state index in [0.717, 1.165) is 17.5 Å². The zero-order valence-electron chi connectivity index (χ0n) is 6.83. The quantitative estimate of drug-likeness (QED) is 0.945. The van der Waals surface area contributed by atoms with Crippen molar-refractivity contribution in [1.82, 2.24) is 8.75 Å². The topological polar surface area (TPSA) is 51.0 Å². The van der Waals surface area contributed by atoms with Crippen LogP contribution in [0.5, 0.6) is 0 Å². The molecule has 74 valence electrons. The first-order valence-corrected chi connectivity index (χ1v) is 5.62. The van der Waals surface area contributed by atoms with Crippen LogP contribution < -0.4 is 5.32 Å². The highest BCUT2D eigenvalue weighted by molar-refractivity contribution is 9.10. The van der Waals surface area contributed by atoms with E-state index in [1.807, 2.05) is 12.1 Å². The molecule has 0 aliphatic heterocycles. The molecule has 2 aromatic heterocycles. The Morgan fingerprint density at radius 3 is 2.93 bits per heavy atom. The van der Waals surface area contributed by atoms with Crippen molar-refractivity contribution in [2.45, 2.75) is 6.54 Å². The molecule has 0 aromatic carbocycles. The van der Waals surface area contributed by atoms with E-state index in [4.69, 9.17) is 16.0 Å². The number of aromatic nitrogens is 2. The number of hydrogen-bond donors (Lipinski definition) is 1. The molecule has 1 N–H and O–H groups in total. The summed E-state index contributed by atoms with van der Waals surface area (Å²) in [5.41, 5.74) is 0. The maximum absolute atomic E-state index is 5.75. The van der Waals surface area contributed by atoms with Crippen molar-refractivity contribution in [3.63, 3.8) is 0 Å². The Kier molecular flexibility index (Phi) is 3.05. The van der Waals surface area contributed by atoms with Crippen molar-refractivity contribution < 1.29 is 4.42 Å². The van der Waals surface area contributed by atoms with Crippen molar-refractivity contribution >= 4 is 45.1 Å². The van der Waals surface area contributed by atoms with Gasteiger partial charge in [-0.05, 0) is 28.1 Å². The van der Waals surface area contributed by atoms with Gasteiger partial charge in [-0.15, -0.1) is 0 Å². The predicted molar refractivity (Wildman–Crippen MR) is 58.7 cm³/mol. The van der Waals surface area contributed by atoms with Crippen LogP contribution in [0, 0.1) is 0 Å². The highest BCUT2D eigenvalue weighted by Crippen LogP contribution is 2.20. The summed E-state index contributed by atoms with van der Waals surface area (Å²) in [5.74, 6) is 1.39. The Hall–Kier alpha value is -0.590. The highest BCUT2D eigenvalue weighted by Gasteiger charge is 2.05. The van der Waals surface area contributed by atoms with Crippen LogP contribution in [0.4, 0.5) is 5.82 Å². The zero-order valence-corrected chi connectivity index (χ0v) is 9.99. The number of halogens is 2. The van der Waals surface area contributed by atoms with Crippen LogP contribution in [0.1, 0.15) is 5.76 Å². The van der Waals surface area contributed by atoms with E-state index in [1.54, 1.807) is 0 Å². The molecule has 0 fully saturated rings. The first kappa shape index (κ1) is 9.95. The number of furan rings is 1. The van der Waals surface area contributed by atoms with Gasteiger partial charge >= 0.3 is 0 Å². The molecule has 0 amide bonds. The molecule has 0 aliphatic carbocycles. The van der Waals surface area contributed by atoms with Gasteiger partial charge in [-0.1, -0.05) is 11.6 Å². The lowest BCUT2D eigenvalue weighted by atomic mass is 10.4. The fourth-order valence-electron chi connectivity index (χ4n) is 0.901. The van der Waals surface area contributed by atoms with Gasteiger partial charge in [-0.2, -0.15) is 8.75 Å². The lowest BCUT2D eigenvalue weighted by molar-refractivity contribution is 0.495. The molecule has 0 bridgehead atoms. The van der Waals surface area contributed by atoms with Gasteiger partial charge in [0.15, 0.2) is 15.6 Å². The lowest BCUT2D eigenvalue weighted by Gasteiger charge is -1.98. The summed E-state index contributed by atoms with van der Waals surface area (Å²) in [4.78, 5) is 0. The first-order chi connectivity index (χ1) is 6.75. The molecule has 2 heterocycles. The van der Waals surface area contributed by atoms with Gasteiger partial charge < -0.3 is 9.73 Å². The molecule has 0 aliphatic rings. The van der Waals surface area contributed by atoms with Crippen LogP contribution in [-0.2, 0) is 6.54 Å². The second-order valence-electron chi connectivity index (χ2n) is 2.46. The minimum atomic E-state index is 0.389. The molecule has 2 rings (SSSR count). The van der Waals surface area contributed by atoms with Gasteiger partial charge in [-0.3, -0.25) is 0 Å². The largest absolute Gasteiger partial charge is 0.452 e. The maximum Gasteiger partial charge on any atom is 0.186 e. The van der Waals surface area contributed by atoms with E-state index in [-0.39, 0.29) is 0 Å². The zero-order chi connectivity index (χ0) is 9.97. The average Bonchev–Trinajstić information content (AvgIpc) is 2.72. The van der Waals surface area contributed by atoms with Gasteiger partial charge in [0.25, 0.3) is 0 Å². The molecule has 14 heavy (non-hydrogen) atoms. The Morgan fingerprint density at radius 1 is 1.50 bits per heavy atom. The third-order valence-electron chi connectivity index (χ3n) is 1.51. The minimum absolute atomic E-state index is 0.389. The monoisotopic (exact) mass is 293 g/mol. The Balaban J connectivity index is 1.98. The highest BCUT2D eigenvalue weighted by atomic mass is 79.9. The Labute approximate surface area is 97.7 Å². The maximum atomic E-state index is 5.75. The van der Waals surface area contributed by atoms with E-state index >= 15 is 0 Å². The number of hydrogen-bond acceptors (Lipinski definition) is 5. The Bertz CT molecular complexity index is 430. The molecule has 0 saturated heterocycles. The van der Waals surface area contributed by atoms with Crippen molar-refractivity contribution in [3.8, 4) is 0 Å². The van der Waals surface area contributed by atoms with Gasteiger partial charge in [0, 0.05) is 0 Å². The molecule has 0 saturated carbocycles. The van der Waals surface area contributed by atoms with Crippen LogP contribution in [0.25, 0.3) is 0 Å². The third kappa shape index (κ3) is 2.26. The standard InChI is InChI=1S/C7H5BrClN3OS/c8-5-2-1-4(13-5)3-10-7-6(9)11-14-12-7/h1-2H,3H2,(H,10,12). The molecule has 0 spiro atoms. The summed E-state index contributed by atoms with van der Waals surface area (Å²) in [5, 5.41) is 3.40. The number of nitrogens with zero attached hydrogens (tertiary/aromatic N) is 2. The second kappa shape index (κ2) is 4.29.